The highest BCUT2D eigenvalue weighted by molar-refractivity contribution is 7.89. The summed E-state index contributed by atoms with van der Waals surface area (Å²) in [6.45, 7) is 1.74. The van der Waals surface area contributed by atoms with Gasteiger partial charge in [-0.15, -0.1) is 0 Å². The fraction of sp³-hybridized carbons (Fsp3) is 0.188. The average molecular weight is 335 g/mol. The van der Waals surface area contributed by atoms with E-state index in [2.05, 4.69) is 4.72 Å². The zero-order chi connectivity index (χ0) is 17.0. The number of aliphatic carboxylic acids is 1. The maximum atomic E-state index is 12.6. The van der Waals surface area contributed by atoms with Crippen LogP contribution >= 0.6 is 0 Å². The van der Waals surface area contributed by atoms with E-state index in [9.17, 15) is 18.3 Å². The first-order chi connectivity index (χ1) is 10.8. The SMILES string of the molecule is COc1ccc(C)cc1S(=O)(=O)N[C@H](C(=O)O)c1ccccc1. The van der Waals surface area contributed by atoms with Crippen molar-refractivity contribution in [1.29, 1.82) is 0 Å². The number of benzene rings is 2. The molecule has 0 amide bonds. The Labute approximate surface area is 134 Å². The van der Waals surface area contributed by atoms with Gasteiger partial charge in [0.25, 0.3) is 0 Å². The summed E-state index contributed by atoms with van der Waals surface area (Å²) >= 11 is 0. The number of rotatable bonds is 6. The van der Waals surface area contributed by atoms with Crippen molar-refractivity contribution in [3.8, 4) is 5.75 Å². The number of carboxylic acids is 1. The molecule has 0 spiro atoms. The van der Waals surface area contributed by atoms with Crippen molar-refractivity contribution in [2.75, 3.05) is 7.11 Å². The van der Waals surface area contributed by atoms with E-state index in [1.54, 1.807) is 43.3 Å². The topological polar surface area (TPSA) is 92.7 Å². The van der Waals surface area contributed by atoms with Crippen molar-refractivity contribution >= 4 is 16.0 Å². The molecule has 2 aromatic rings. The lowest BCUT2D eigenvalue weighted by Gasteiger charge is -2.17. The second-order valence-corrected chi connectivity index (χ2v) is 6.64. The van der Waals surface area contributed by atoms with Gasteiger partial charge in [-0.2, -0.15) is 4.72 Å². The van der Waals surface area contributed by atoms with E-state index in [4.69, 9.17) is 4.74 Å². The fourth-order valence-corrected chi connectivity index (χ4v) is 3.55. The summed E-state index contributed by atoms with van der Waals surface area (Å²) in [7, 11) is -2.72. The zero-order valence-corrected chi connectivity index (χ0v) is 13.5. The van der Waals surface area contributed by atoms with Crippen molar-refractivity contribution in [3.63, 3.8) is 0 Å². The van der Waals surface area contributed by atoms with E-state index >= 15 is 0 Å². The third-order valence-electron chi connectivity index (χ3n) is 3.26. The molecular formula is C16H17NO5S. The van der Waals surface area contributed by atoms with Gasteiger partial charge in [0.05, 0.1) is 7.11 Å². The third kappa shape index (κ3) is 3.88. The summed E-state index contributed by atoms with van der Waals surface area (Å²) in [5.74, 6) is -1.13. The predicted molar refractivity (Wildman–Crippen MR) is 84.9 cm³/mol. The van der Waals surface area contributed by atoms with Crippen molar-refractivity contribution in [3.05, 3.63) is 59.7 Å². The first-order valence-electron chi connectivity index (χ1n) is 6.80. The molecule has 23 heavy (non-hydrogen) atoms. The van der Waals surface area contributed by atoms with Gasteiger partial charge in [0.15, 0.2) is 0 Å². The molecule has 0 saturated heterocycles. The molecule has 0 aliphatic heterocycles. The summed E-state index contributed by atoms with van der Waals surface area (Å²) in [4.78, 5) is 11.4. The van der Waals surface area contributed by atoms with Crippen LogP contribution in [0.25, 0.3) is 0 Å². The number of carboxylic acid groups (broad SMARTS) is 1. The maximum Gasteiger partial charge on any atom is 0.326 e. The summed E-state index contributed by atoms with van der Waals surface area (Å²) in [5.41, 5.74) is 1.06. The molecule has 6 nitrogen and oxygen atoms in total. The van der Waals surface area contributed by atoms with Crippen LogP contribution in [0, 0.1) is 6.92 Å². The van der Waals surface area contributed by atoms with Crippen LogP contribution in [-0.2, 0) is 14.8 Å². The smallest absolute Gasteiger partial charge is 0.326 e. The van der Waals surface area contributed by atoms with Gasteiger partial charge in [0, 0.05) is 0 Å². The van der Waals surface area contributed by atoms with Gasteiger partial charge in [0.1, 0.15) is 16.7 Å². The Hall–Kier alpha value is -2.38. The normalized spacial score (nSPS) is 12.6. The molecule has 0 aliphatic carbocycles. The highest BCUT2D eigenvalue weighted by Gasteiger charge is 2.28. The summed E-state index contributed by atoms with van der Waals surface area (Å²) in [6.07, 6.45) is 0. The van der Waals surface area contributed by atoms with Gasteiger partial charge < -0.3 is 9.84 Å². The minimum absolute atomic E-state index is 0.0952. The van der Waals surface area contributed by atoms with Gasteiger partial charge in [-0.25, -0.2) is 8.42 Å². The molecule has 122 valence electrons. The van der Waals surface area contributed by atoms with Crippen LogP contribution in [0.1, 0.15) is 17.2 Å². The van der Waals surface area contributed by atoms with Crippen molar-refractivity contribution in [2.45, 2.75) is 17.9 Å². The van der Waals surface area contributed by atoms with E-state index < -0.39 is 22.0 Å². The molecule has 0 radical (unpaired) electrons. The van der Waals surface area contributed by atoms with Crippen LogP contribution in [0.4, 0.5) is 0 Å². The van der Waals surface area contributed by atoms with E-state index in [0.717, 1.165) is 5.56 Å². The number of methoxy groups -OCH3 is 1. The Kier molecular flexibility index (Phi) is 5.02. The minimum atomic E-state index is -4.07. The molecule has 0 aromatic heterocycles. The molecule has 0 unspecified atom stereocenters. The highest BCUT2D eigenvalue weighted by atomic mass is 32.2. The van der Waals surface area contributed by atoms with Crippen LogP contribution in [0.15, 0.2) is 53.4 Å². The third-order valence-corrected chi connectivity index (χ3v) is 4.71. The van der Waals surface area contributed by atoms with Crippen molar-refractivity contribution in [1.82, 2.24) is 4.72 Å². The Morgan fingerprint density at radius 3 is 2.39 bits per heavy atom. The summed E-state index contributed by atoms with van der Waals surface area (Å²) in [5, 5.41) is 9.36. The number of hydrogen-bond acceptors (Lipinski definition) is 4. The standard InChI is InChI=1S/C16H17NO5S/c1-11-8-9-13(22-2)14(10-11)23(20,21)17-15(16(18)19)12-6-4-3-5-7-12/h3-10,15,17H,1-2H3,(H,18,19)/t15-/m0/s1. The van der Waals surface area contributed by atoms with Crippen LogP contribution in [0.5, 0.6) is 5.75 Å². The Morgan fingerprint density at radius 2 is 1.83 bits per heavy atom. The highest BCUT2D eigenvalue weighted by Crippen LogP contribution is 2.26. The van der Waals surface area contributed by atoms with E-state index in [-0.39, 0.29) is 10.6 Å². The van der Waals surface area contributed by atoms with Gasteiger partial charge >= 0.3 is 5.97 Å². The number of sulfonamides is 1. The summed E-state index contributed by atoms with van der Waals surface area (Å²) < 4.78 is 32.5. The van der Waals surface area contributed by atoms with Gasteiger partial charge in [-0.05, 0) is 30.2 Å². The molecular weight excluding hydrogens is 318 g/mol. The molecule has 0 heterocycles. The molecule has 2 rings (SSSR count). The van der Waals surface area contributed by atoms with E-state index in [1.807, 2.05) is 0 Å². The lowest BCUT2D eigenvalue weighted by molar-refractivity contribution is -0.139. The monoisotopic (exact) mass is 335 g/mol. The Morgan fingerprint density at radius 1 is 1.17 bits per heavy atom. The van der Waals surface area contributed by atoms with Gasteiger partial charge in [0.2, 0.25) is 10.0 Å². The van der Waals surface area contributed by atoms with Crippen LogP contribution in [0.3, 0.4) is 0 Å². The van der Waals surface area contributed by atoms with Crippen molar-refractivity contribution in [2.24, 2.45) is 0 Å². The summed E-state index contributed by atoms with van der Waals surface area (Å²) in [6, 6.07) is 11.4. The van der Waals surface area contributed by atoms with Gasteiger partial charge in [-0.1, -0.05) is 36.4 Å². The van der Waals surface area contributed by atoms with Crippen LogP contribution in [0.2, 0.25) is 0 Å². The maximum absolute atomic E-state index is 12.6. The molecule has 1 atom stereocenters. The first-order valence-corrected chi connectivity index (χ1v) is 8.28. The Balaban J connectivity index is 2.44. The number of ether oxygens (including phenoxy) is 1. The van der Waals surface area contributed by atoms with E-state index in [0.29, 0.717) is 5.56 Å². The molecule has 2 aromatic carbocycles. The first kappa shape index (κ1) is 17.0. The Bertz CT molecular complexity index is 802. The quantitative estimate of drug-likeness (QED) is 0.843. The molecule has 0 fully saturated rings. The fourth-order valence-electron chi connectivity index (χ4n) is 2.12. The molecule has 2 N–H and O–H groups in total. The van der Waals surface area contributed by atoms with Crippen LogP contribution < -0.4 is 9.46 Å². The predicted octanol–water partition coefficient (Wildman–Crippen LogP) is 2.11. The second kappa shape index (κ2) is 6.80. The van der Waals surface area contributed by atoms with Gasteiger partial charge in [-0.3, -0.25) is 4.79 Å². The lowest BCUT2D eigenvalue weighted by atomic mass is 10.1. The molecule has 0 saturated carbocycles. The number of hydrogen-bond donors (Lipinski definition) is 2. The molecule has 7 heteroatoms. The van der Waals surface area contributed by atoms with E-state index in [1.165, 1.54) is 19.2 Å². The molecule has 0 aliphatic rings. The largest absolute Gasteiger partial charge is 0.495 e. The van der Waals surface area contributed by atoms with Crippen molar-refractivity contribution < 1.29 is 23.1 Å². The average Bonchev–Trinajstić information content (AvgIpc) is 2.53. The molecule has 0 bridgehead atoms. The minimum Gasteiger partial charge on any atom is -0.495 e. The number of carbonyl (C=O) groups is 1. The second-order valence-electron chi connectivity index (χ2n) is 4.96. The lowest BCUT2D eigenvalue weighted by Crippen LogP contribution is -2.34. The van der Waals surface area contributed by atoms with Crippen LogP contribution in [-0.4, -0.2) is 26.6 Å². The zero-order valence-electron chi connectivity index (χ0n) is 12.7. The number of nitrogens with one attached hydrogen (secondary N) is 1. The number of aryl methyl sites for hydroxylation is 1.